The Morgan fingerprint density at radius 2 is 1.84 bits per heavy atom. The van der Waals surface area contributed by atoms with Crippen molar-refractivity contribution >= 4 is 35.0 Å². The Hall–Kier alpha value is -2.97. The van der Waals surface area contributed by atoms with E-state index in [1.165, 1.54) is 23.1 Å². The number of aliphatic carboxylic acids is 1. The lowest BCUT2D eigenvalue weighted by molar-refractivity contribution is -0.147. The fraction of sp³-hybridized carbons (Fsp3) is 0.348. The lowest BCUT2D eigenvalue weighted by Crippen LogP contribution is -2.49. The number of carbonyl (C=O) groups is 2. The van der Waals surface area contributed by atoms with Crippen molar-refractivity contribution in [2.24, 2.45) is 5.92 Å². The first-order valence-corrected chi connectivity index (χ1v) is 10.8. The van der Waals surface area contributed by atoms with Crippen molar-refractivity contribution in [2.45, 2.75) is 31.3 Å². The quantitative estimate of drug-likeness (QED) is 0.402. The van der Waals surface area contributed by atoms with Gasteiger partial charge in [0.05, 0.1) is 33.9 Å². The summed E-state index contributed by atoms with van der Waals surface area (Å²) in [5, 5.41) is 30.9. The molecular formula is C23H23ClFN3O4. The van der Waals surface area contributed by atoms with Gasteiger partial charge in [-0.2, -0.15) is 0 Å². The summed E-state index contributed by atoms with van der Waals surface area (Å²) in [4.78, 5) is 25.8. The minimum atomic E-state index is -1.18. The van der Waals surface area contributed by atoms with Gasteiger partial charge in [-0.15, -0.1) is 0 Å². The van der Waals surface area contributed by atoms with Crippen molar-refractivity contribution in [3.8, 4) is 0 Å². The van der Waals surface area contributed by atoms with Crippen LogP contribution in [0.5, 0.6) is 0 Å². The lowest BCUT2D eigenvalue weighted by Gasteiger charge is -2.36. The van der Waals surface area contributed by atoms with Gasteiger partial charge < -0.3 is 20.4 Å². The third-order valence-corrected chi connectivity index (χ3v) is 6.32. The number of carboxylic acid groups (broad SMARTS) is 1. The molecule has 0 bridgehead atoms. The third-order valence-electron chi connectivity index (χ3n) is 6.00. The standard InChI is InChI=1S/C23H23ClFN3O4/c24-15-4-1-3-13(12-7-8-12)19(15)22(30)27-17-6-2-5-16(25)20(17)21(26)28-10-9-14(23(31)32)18(29)11-28/h1-6,12,14,18,26,29H,7-11H2,(H,27,30)(H,31,32). The monoisotopic (exact) mass is 459 g/mol. The second kappa shape index (κ2) is 8.88. The Morgan fingerprint density at radius 3 is 2.50 bits per heavy atom. The summed E-state index contributed by atoms with van der Waals surface area (Å²) in [5.41, 5.74) is 1.18. The van der Waals surface area contributed by atoms with E-state index in [1.54, 1.807) is 12.1 Å². The average molecular weight is 460 g/mol. The second-order valence-corrected chi connectivity index (χ2v) is 8.60. The number of β-amino-alcohol motifs (C(OH)–C–C–N with tert-alkyl or cyclic N) is 1. The van der Waals surface area contributed by atoms with Crippen molar-refractivity contribution in [1.29, 1.82) is 5.41 Å². The van der Waals surface area contributed by atoms with Crippen molar-refractivity contribution in [1.82, 2.24) is 4.90 Å². The van der Waals surface area contributed by atoms with Crippen LogP contribution in [-0.4, -0.2) is 52.0 Å². The number of nitrogens with one attached hydrogen (secondary N) is 2. The van der Waals surface area contributed by atoms with Crippen LogP contribution in [-0.2, 0) is 4.79 Å². The van der Waals surface area contributed by atoms with Crippen LogP contribution >= 0.6 is 11.6 Å². The molecule has 2 aliphatic rings. The van der Waals surface area contributed by atoms with Crippen LogP contribution in [0.4, 0.5) is 10.1 Å². The number of benzene rings is 2. The van der Waals surface area contributed by atoms with E-state index in [1.807, 2.05) is 6.07 Å². The summed E-state index contributed by atoms with van der Waals surface area (Å²) in [6.45, 7) is 0.0543. The molecule has 9 heteroatoms. The summed E-state index contributed by atoms with van der Waals surface area (Å²) in [6, 6.07) is 9.40. The Bertz CT molecular complexity index is 1090. The molecular weight excluding hydrogens is 437 g/mol. The first-order chi connectivity index (χ1) is 15.3. The third kappa shape index (κ3) is 4.33. The lowest BCUT2D eigenvalue weighted by atomic mass is 9.93. The minimum Gasteiger partial charge on any atom is -0.481 e. The Labute approximate surface area is 189 Å². The van der Waals surface area contributed by atoms with Gasteiger partial charge in [0.2, 0.25) is 0 Å². The summed E-state index contributed by atoms with van der Waals surface area (Å²) < 4.78 is 14.8. The predicted octanol–water partition coefficient (Wildman–Crippen LogP) is 3.70. The van der Waals surface area contributed by atoms with Gasteiger partial charge in [-0.3, -0.25) is 15.0 Å². The number of likely N-dealkylation sites (tertiary alicyclic amines) is 1. The number of aliphatic hydroxyl groups excluding tert-OH is 1. The van der Waals surface area contributed by atoms with Crippen LogP contribution in [0.15, 0.2) is 36.4 Å². The van der Waals surface area contributed by atoms with E-state index in [-0.39, 0.29) is 42.5 Å². The molecule has 0 aromatic heterocycles. The second-order valence-electron chi connectivity index (χ2n) is 8.19. The fourth-order valence-electron chi connectivity index (χ4n) is 4.15. The molecule has 1 saturated carbocycles. The summed E-state index contributed by atoms with van der Waals surface area (Å²) in [7, 11) is 0. The van der Waals surface area contributed by atoms with Crippen LogP contribution in [0.2, 0.25) is 5.02 Å². The fourth-order valence-corrected chi connectivity index (χ4v) is 4.42. The Balaban J connectivity index is 1.60. The molecule has 1 saturated heterocycles. The van der Waals surface area contributed by atoms with Gasteiger partial charge in [-0.25, -0.2) is 4.39 Å². The molecule has 7 nitrogen and oxygen atoms in total. The maximum absolute atomic E-state index is 14.8. The SMILES string of the molecule is N=C(c1c(F)cccc1NC(=O)c1c(Cl)cccc1C1CC1)N1CCC(C(=O)O)C(O)C1. The molecule has 0 radical (unpaired) electrons. The molecule has 2 unspecified atom stereocenters. The molecule has 2 atom stereocenters. The first-order valence-electron chi connectivity index (χ1n) is 10.4. The van der Waals surface area contributed by atoms with Gasteiger partial charge in [-0.1, -0.05) is 29.8 Å². The van der Waals surface area contributed by atoms with Gasteiger partial charge in [0.15, 0.2) is 0 Å². The number of amidine groups is 1. The van der Waals surface area contributed by atoms with E-state index < -0.39 is 29.7 Å². The van der Waals surface area contributed by atoms with Crippen molar-refractivity contribution in [2.75, 3.05) is 18.4 Å². The first kappa shape index (κ1) is 22.2. The van der Waals surface area contributed by atoms with Crippen LogP contribution in [0.3, 0.4) is 0 Å². The van der Waals surface area contributed by atoms with E-state index in [0.717, 1.165) is 18.4 Å². The smallest absolute Gasteiger partial charge is 0.309 e. The molecule has 32 heavy (non-hydrogen) atoms. The molecule has 2 fully saturated rings. The highest BCUT2D eigenvalue weighted by molar-refractivity contribution is 6.34. The van der Waals surface area contributed by atoms with Crippen molar-refractivity contribution < 1.29 is 24.2 Å². The highest BCUT2D eigenvalue weighted by atomic mass is 35.5. The van der Waals surface area contributed by atoms with Gasteiger partial charge in [-0.05, 0) is 48.9 Å². The van der Waals surface area contributed by atoms with Crippen LogP contribution in [0.1, 0.15) is 46.7 Å². The molecule has 2 aromatic carbocycles. The molecule has 0 spiro atoms. The molecule has 1 aliphatic carbocycles. The summed E-state index contributed by atoms with van der Waals surface area (Å²) in [6.07, 6.45) is 0.894. The number of rotatable bonds is 5. The van der Waals surface area contributed by atoms with E-state index in [4.69, 9.17) is 17.0 Å². The highest BCUT2D eigenvalue weighted by Crippen LogP contribution is 2.43. The van der Waals surface area contributed by atoms with Crippen LogP contribution in [0, 0.1) is 17.1 Å². The van der Waals surface area contributed by atoms with Crippen LogP contribution in [0.25, 0.3) is 0 Å². The van der Waals surface area contributed by atoms with E-state index in [0.29, 0.717) is 10.6 Å². The molecule has 1 amide bonds. The van der Waals surface area contributed by atoms with E-state index in [2.05, 4.69) is 5.32 Å². The molecule has 4 rings (SSSR count). The normalized spacial score (nSPS) is 20.7. The molecule has 4 N–H and O–H groups in total. The van der Waals surface area contributed by atoms with Gasteiger partial charge in [0.1, 0.15) is 11.7 Å². The number of carboxylic acids is 1. The van der Waals surface area contributed by atoms with Crippen molar-refractivity contribution in [3.63, 3.8) is 0 Å². The largest absolute Gasteiger partial charge is 0.481 e. The highest BCUT2D eigenvalue weighted by Gasteiger charge is 2.35. The zero-order valence-corrected chi connectivity index (χ0v) is 17.9. The molecule has 1 aliphatic heterocycles. The number of anilines is 1. The zero-order valence-electron chi connectivity index (χ0n) is 17.1. The van der Waals surface area contributed by atoms with Gasteiger partial charge in [0, 0.05) is 13.1 Å². The zero-order chi connectivity index (χ0) is 23.0. The Morgan fingerprint density at radius 1 is 1.12 bits per heavy atom. The summed E-state index contributed by atoms with van der Waals surface area (Å²) in [5.74, 6) is -3.18. The van der Waals surface area contributed by atoms with Gasteiger partial charge >= 0.3 is 5.97 Å². The average Bonchev–Trinajstić information content (AvgIpc) is 3.58. The predicted molar refractivity (Wildman–Crippen MR) is 118 cm³/mol. The molecule has 168 valence electrons. The molecule has 2 aromatic rings. The van der Waals surface area contributed by atoms with E-state index >= 15 is 0 Å². The number of aliphatic hydroxyl groups is 1. The van der Waals surface area contributed by atoms with E-state index in [9.17, 15) is 24.2 Å². The summed E-state index contributed by atoms with van der Waals surface area (Å²) >= 11 is 6.31. The number of carbonyl (C=O) groups excluding carboxylic acids is 1. The number of halogens is 2. The minimum absolute atomic E-state index is 0.108. The van der Waals surface area contributed by atoms with Crippen LogP contribution < -0.4 is 5.32 Å². The van der Waals surface area contributed by atoms with Crippen molar-refractivity contribution in [3.05, 3.63) is 63.9 Å². The molecule has 1 heterocycles. The Kier molecular flexibility index (Phi) is 6.17. The topological polar surface area (TPSA) is 114 Å². The number of hydrogen-bond donors (Lipinski definition) is 4. The maximum Gasteiger partial charge on any atom is 0.309 e. The number of hydrogen-bond acceptors (Lipinski definition) is 4. The number of nitrogens with zero attached hydrogens (tertiary/aromatic N) is 1. The number of amides is 1. The number of piperidine rings is 1. The van der Waals surface area contributed by atoms with Gasteiger partial charge in [0.25, 0.3) is 5.91 Å². The maximum atomic E-state index is 14.8.